The van der Waals surface area contributed by atoms with E-state index in [1.807, 2.05) is 44.2 Å². The van der Waals surface area contributed by atoms with Crippen LogP contribution in [0.1, 0.15) is 25.8 Å². The molecule has 3 N–H and O–H groups in total. The van der Waals surface area contributed by atoms with Gasteiger partial charge in [0.15, 0.2) is 0 Å². The molecule has 0 radical (unpaired) electrons. The molecule has 0 aliphatic rings. The maximum Gasteiger partial charge on any atom is 0.253 e. The van der Waals surface area contributed by atoms with Crippen LogP contribution in [0.4, 0.5) is 0 Å². The Kier molecular flexibility index (Phi) is 6.62. The summed E-state index contributed by atoms with van der Waals surface area (Å²) in [5.74, 6) is -0.462. The van der Waals surface area contributed by atoms with Gasteiger partial charge in [-0.15, -0.1) is 0 Å². The first kappa shape index (κ1) is 20.9. The lowest BCUT2D eigenvalue weighted by atomic mass is 10.0. The number of primary amides is 1. The second kappa shape index (κ2) is 8.54. The molecule has 1 amide bonds. The van der Waals surface area contributed by atoms with Crippen LogP contribution < -0.4 is 15.8 Å². The van der Waals surface area contributed by atoms with Gasteiger partial charge in [0.1, 0.15) is 5.75 Å². The minimum Gasteiger partial charge on any atom is -0.497 e. The molecule has 0 heterocycles. The van der Waals surface area contributed by atoms with E-state index in [2.05, 4.69) is 5.32 Å². The standard InChI is InChI=1S/C20H26N2O4S/c1-15(2)13-20(19(21)23,22-14-16-7-5-4-6-8-16)27(24,25)18-11-9-17(26-3)10-12-18/h4-12,15,22H,13-14H2,1-3H3,(H2,21,23). The largest absolute Gasteiger partial charge is 0.497 e. The van der Waals surface area contributed by atoms with Crippen LogP contribution in [0.2, 0.25) is 0 Å². The van der Waals surface area contributed by atoms with Crippen molar-refractivity contribution in [2.45, 2.75) is 36.6 Å². The van der Waals surface area contributed by atoms with Gasteiger partial charge in [0, 0.05) is 6.54 Å². The van der Waals surface area contributed by atoms with Crippen molar-refractivity contribution in [3.8, 4) is 5.75 Å². The minimum atomic E-state index is -4.09. The second-order valence-corrected chi connectivity index (χ2v) is 8.98. The molecule has 0 aromatic heterocycles. The normalized spacial score (nSPS) is 13.9. The molecule has 1 unspecified atom stereocenters. The van der Waals surface area contributed by atoms with Crippen molar-refractivity contribution in [2.24, 2.45) is 11.7 Å². The van der Waals surface area contributed by atoms with Crippen molar-refractivity contribution in [1.82, 2.24) is 5.32 Å². The number of hydrogen-bond donors (Lipinski definition) is 2. The molecule has 1 atom stereocenters. The SMILES string of the molecule is COc1ccc(S(=O)(=O)C(CC(C)C)(NCc2ccccc2)C(N)=O)cc1. The fourth-order valence-electron chi connectivity index (χ4n) is 2.97. The molecule has 0 fully saturated rings. The maximum atomic E-state index is 13.4. The van der Waals surface area contributed by atoms with E-state index in [0.717, 1.165) is 5.56 Å². The Labute approximate surface area is 160 Å². The van der Waals surface area contributed by atoms with E-state index in [-0.39, 0.29) is 23.8 Å². The van der Waals surface area contributed by atoms with Crippen LogP contribution in [0.25, 0.3) is 0 Å². The first-order chi connectivity index (χ1) is 12.7. The predicted octanol–water partition coefficient (Wildman–Crippen LogP) is 2.49. The third kappa shape index (κ3) is 4.48. The summed E-state index contributed by atoms with van der Waals surface area (Å²) in [7, 11) is -2.60. The zero-order valence-electron chi connectivity index (χ0n) is 15.8. The van der Waals surface area contributed by atoms with E-state index in [1.54, 1.807) is 12.1 Å². The third-order valence-electron chi connectivity index (χ3n) is 4.34. The summed E-state index contributed by atoms with van der Waals surface area (Å²) in [6.07, 6.45) is 0.0591. The quantitative estimate of drug-likeness (QED) is 0.685. The molecule has 2 rings (SSSR count). The molecular formula is C20H26N2O4S. The first-order valence-corrected chi connectivity index (χ1v) is 10.2. The van der Waals surface area contributed by atoms with Crippen LogP contribution in [0, 0.1) is 5.92 Å². The maximum absolute atomic E-state index is 13.4. The predicted molar refractivity (Wildman–Crippen MR) is 105 cm³/mol. The van der Waals surface area contributed by atoms with Gasteiger partial charge < -0.3 is 10.5 Å². The zero-order chi connectivity index (χ0) is 20.1. The molecule has 0 spiro atoms. The van der Waals surface area contributed by atoms with Crippen molar-refractivity contribution in [3.63, 3.8) is 0 Å². The minimum absolute atomic E-state index is 0.0170. The van der Waals surface area contributed by atoms with Crippen LogP contribution in [0.5, 0.6) is 5.75 Å². The number of nitrogens with two attached hydrogens (primary N) is 1. The molecule has 27 heavy (non-hydrogen) atoms. The molecule has 146 valence electrons. The number of hydrogen-bond acceptors (Lipinski definition) is 5. The fraction of sp³-hybridized carbons (Fsp3) is 0.350. The van der Waals surface area contributed by atoms with Crippen molar-refractivity contribution < 1.29 is 17.9 Å². The lowest BCUT2D eigenvalue weighted by molar-refractivity contribution is -0.121. The van der Waals surface area contributed by atoms with Gasteiger partial charge in [-0.3, -0.25) is 10.1 Å². The molecule has 0 aliphatic heterocycles. The first-order valence-electron chi connectivity index (χ1n) is 8.70. The summed E-state index contributed by atoms with van der Waals surface area (Å²) in [4.78, 5) is 10.6. The molecule has 0 saturated heterocycles. The van der Waals surface area contributed by atoms with Crippen LogP contribution in [0.3, 0.4) is 0 Å². The number of benzene rings is 2. The van der Waals surface area contributed by atoms with Crippen molar-refractivity contribution in [2.75, 3.05) is 7.11 Å². The summed E-state index contributed by atoms with van der Waals surface area (Å²) < 4.78 is 32.0. The highest BCUT2D eigenvalue weighted by Crippen LogP contribution is 2.31. The Bertz CT molecular complexity index is 865. The van der Waals surface area contributed by atoms with Crippen LogP contribution in [-0.2, 0) is 21.2 Å². The van der Waals surface area contributed by atoms with Crippen LogP contribution in [-0.4, -0.2) is 26.3 Å². The van der Waals surface area contributed by atoms with Gasteiger partial charge in [0.2, 0.25) is 14.7 Å². The summed E-state index contributed by atoms with van der Waals surface area (Å²) in [6, 6.07) is 15.2. The number of ether oxygens (including phenoxy) is 1. The van der Waals surface area contributed by atoms with Crippen molar-refractivity contribution in [1.29, 1.82) is 0 Å². The van der Waals surface area contributed by atoms with Crippen molar-refractivity contribution in [3.05, 3.63) is 60.2 Å². The number of carbonyl (C=O) groups excluding carboxylic acids is 1. The van der Waals surface area contributed by atoms with E-state index in [9.17, 15) is 13.2 Å². The molecule has 2 aromatic carbocycles. The van der Waals surface area contributed by atoms with Gasteiger partial charge in [0.25, 0.3) is 5.91 Å². The number of carbonyl (C=O) groups is 1. The molecular weight excluding hydrogens is 364 g/mol. The van der Waals surface area contributed by atoms with E-state index in [0.29, 0.717) is 5.75 Å². The molecule has 0 saturated carbocycles. The Hall–Kier alpha value is -2.38. The number of rotatable bonds is 9. The molecule has 7 heteroatoms. The Balaban J connectivity index is 2.49. The van der Waals surface area contributed by atoms with Gasteiger partial charge in [-0.05, 0) is 42.2 Å². The second-order valence-electron chi connectivity index (χ2n) is 6.81. The number of methoxy groups -OCH3 is 1. The van der Waals surface area contributed by atoms with Gasteiger partial charge in [0.05, 0.1) is 12.0 Å². The van der Waals surface area contributed by atoms with Crippen LogP contribution >= 0.6 is 0 Å². The fourth-order valence-corrected chi connectivity index (χ4v) is 4.95. The average Bonchev–Trinajstić information content (AvgIpc) is 2.65. The highest BCUT2D eigenvalue weighted by atomic mass is 32.2. The molecule has 2 aromatic rings. The molecule has 0 bridgehead atoms. The van der Waals surface area contributed by atoms with E-state index in [1.165, 1.54) is 19.2 Å². The lowest BCUT2D eigenvalue weighted by Crippen LogP contribution is -2.61. The molecule has 6 nitrogen and oxygen atoms in total. The van der Waals surface area contributed by atoms with E-state index < -0.39 is 20.6 Å². The number of nitrogens with one attached hydrogen (secondary N) is 1. The summed E-state index contributed by atoms with van der Waals surface area (Å²) in [6.45, 7) is 3.91. The lowest BCUT2D eigenvalue weighted by Gasteiger charge is -2.33. The Morgan fingerprint density at radius 3 is 2.19 bits per heavy atom. The average molecular weight is 391 g/mol. The zero-order valence-corrected chi connectivity index (χ0v) is 16.6. The van der Waals surface area contributed by atoms with Crippen molar-refractivity contribution >= 4 is 15.7 Å². The van der Waals surface area contributed by atoms with Gasteiger partial charge in [-0.1, -0.05) is 44.2 Å². The summed E-state index contributed by atoms with van der Waals surface area (Å²) in [5.41, 5.74) is 6.52. The smallest absolute Gasteiger partial charge is 0.253 e. The third-order valence-corrected chi connectivity index (χ3v) is 6.67. The Morgan fingerprint density at radius 1 is 1.11 bits per heavy atom. The Morgan fingerprint density at radius 2 is 1.70 bits per heavy atom. The summed E-state index contributed by atoms with van der Waals surface area (Å²) >= 11 is 0. The highest BCUT2D eigenvalue weighted by Gasteiger charge is 2.50. The van der Waals surface area contributed by atoms with Gasteiger partial charge in [-0.25, -0.2) is 8.42 Å². The summed E-state index contributed by atoms with van der Waals surface area (Å²) in [5, 5.41) is 2.95. The van der Waals surface area contributed by atoms with Crippen LogP contribution in [0.15, 0.2) is 59.5 Å². The number of amides is 1. The van der Waals surface area contributed by atoms with Gasteiger partial charge >= 0.3 is 0 Å². The monoisotopic (exact) mass is 390 g/mol. The number of sulfone groups is 1. The van der Waals surface area contributed by atoms with E-state index >= 15 is 0 Å². The van der Waals surface area contributed by atoms with Gasteiger partial charge in [-0.2, -0.15) is 0 Å². The highest BCUT2D eigenvalue weighted by molar-refractivity contribution is 7.93. The topological polar surface area (TPSA) is 98.5 Å². The van der Waals surface area contributed by atoms with E-state index in [4.69, 9.17) is 10.5 Å². The molecule has 0 aliphatic carbocycles.